The maximum Gasteiger partial charge on any atom is 0.124 e. The van der Waals surface area contributed by atoms with Gasteiger partial charge in [-0.15, -0.1) is 0 Å². The number of benzene rings is 3. The van der Waals surface area contributed by atoms with E-state index < -0.39 is 20.2 Å². The molecule has 182 valence electrons. The molecule has 36 heavy (non-hydrogen) atoms. The third kappa shape index (κ3) is 4.35. The zero-order valence-corrected chi connectivity index (χ0v) is 20.7. The standard InChI is InChI=1S/C26H20N2O6S2/c1-15-11-23(17-5-3-7-19(13-17)35(29,30)31)21-9-10-22-24(12-16(2)28-26(22)25(21)27-15)18-6-4-8-20(14-18)36(32,33)34/h3-14H,1-2H3,(H,29,30,31)(H,32,33,34)/p-2. The van der Waals surface area contributed by atoms with E-state index in [-0.39, 0.29) is 9.79 Å². The van der Waals surface area contributed by atoms with Crippen LogP contribution >= 0.6 is 0 Å². The fraction of sp³-hybridized carbons (Fsp3) is 0.0769. The SMILES string of the molecule is Cc1cc(-c2cccc(S(=O)(=O)[O-])c2)c2ccc3c(-c4cccc(S(=O)(=O)[O-])c4)cc(C)nc3c2n1. The van der Waals surface area contributed by atoms with Crippen LogP contribution in [0.2, 0.25) is 0 Å². The number of pyridine rings is 2. The van der Waals surface area contributed by atoms with E-state index in [4.69, 9.17) is 9.97 Å². The maximum atomic E-state index is 11.6. The van der Waals surface area contributed by atoms with E-state index in [0.29, 0.717) is 55.4 Å². The number of hydrogen-bond acceptors (Lipinski definition) is 8. The van der Waals surface area contributed by atoms with Crippen molar-refractivity contribution in [1.29, 1.82) is 0 Å². The molecular formula is C26H18N2O6S2-2. The van der Waals surface area contributed by atoms with Crippen LogP contribution in [0.1, 0.15) is 11.4 Å². The largest absolute Gasteiger partial charge is 0.744 e. The average molecular weight is 519 g/mol. The van der Waals surface area contributed by atoms with Crippen molar-refractivity contribution >= 4 is 42.0 Å². The first-order valence-electron chi connectivity index (χ1n) is 10.8. The summed E-state index contributed by atoms with van der Waals surface area (Å²) in [7, 11) is -9.26. The second kappa shape index (κ2) is 8.45. The highest BCUT2D eigenvalue weighted by Crippen LogP contribution is 2.37. The Morgan fingerprint density at radius 1 is 0.583 bits per heavy atom. The molecule has 0 bridgehead atoms. The van der Waals surface area contributed by atoms with Crippen LogP contribution in [0.5, 0.6) is 0 Å². The van der Waals surface area contributed by atoms with Crippen molar-refractivity contribution < 1.29 is 25.9 Å². The van der Waals surface area contributed by atoms with Gasteiger partial charge in [-0.05, 0) is 72.5 Å². The molecule has 2 heterocycles. The van der Waals surface area contributed by atoms with Crippen LogP contribution < -0.4 is 0 Å². The molecule has 0 unspecified atom stereocenters. The third-order valence-corrected chi connectivity index (χ3v) is 7.54. The Bertz CT molecular complexity index is 1780. The summed E-state index contributed by atoms with van der Waals surface area (Å²) in [6, 6.07) is 18.9. The molecule has 8 nitrogen and oxygen atoms in total. The number of nitrogens with zero attached hydrogens (tertiary/aromatic N) is 2. The van der Waals surface area contributed by atoms with E-state index in [2.05, 4.69) is 0 Å². The van der Waals surface area contributed by atoms with E-state index in [1.54, 1.807) is 26.0 Å². The summed E-state index contributed by atoms with van der Waals surface area (Å²) in [5.74, 6) is 0. The molecule has 0 saturated heterocycles. The fourth-order valence-electron chi connectivity index (χ4n) is 4.35. The van der Waals surface area contributed by atoms with Crippen molar-refractivity contribution in [2.24, 2.45) is 0 Å². The minimum absolute atomic E-state index is 0.326. The van der Waals surface area contributed by atoms with E-state index in [1.807, 2.05) is 24.3 Å². The van der Waals surface area contributed by atoms with Gasteiger partial charge >= 0.3 is 0 Å². The van der Waals surface area contributed by atoms with Gasteiger partial charge in [0.05, 0.1) is 20.8 Å². The van der Waals surface area contributed by atoms with Crippen molar-refractivity contribution in [2.75, 3.05) is 0 Å². The lowest BCUT2D eigenvalue weighted by Gasteiger charge is -2.15. The molecule has 0 aliphatic carbocycles. The number of fused-ring (bicyclic) bond motifs is 3. The number of hydrogen-bond donors (Lipinski definition) is 0. The van der Waals surface area contributed by atoms with Gasteiger partial charge in [-0.2, -0.15) is 0 Å². The molecule has 2 aromatic heterocycles. The Hall–Kier alpha value is -3.70. The first-order valence-corrected chi connectivity index (χ1v) is 13.6. The Balaban J connectivity index is 1.82. The highest BCUT2D eigenvalue weighted by molar-refractivity contribution is 7.86. The van der Waals surface area contributed by atoms with Gasteiger partial charge in [0.15, 0.2) is 0 Å². The fourth-order valence-corrected chi connectivity index (χ4v) is 5.38. The Labute approximate surface area is 207 Å². The molecule has 0 radical (unpaired) electrons. The lowest BCUT2D eigenvalue weighted by atomic mass is 9.95. The Morgan fingerprint density at radius 3 is 1.33 bits per heavy atom. The molecule has 10 heteroatoms. The zero-order valence-electron chi connectivity index (χ0n) is 19.1. The number of rotatable bonds is 4. The molecule has 0 aliphatic heterocycles. The highest BCUT2D eigenvalue weighted by Gasteiger charge is 2.16. The predicted molar refractivity (Wildman–Crippen MR) is 133 cm³/mol. The first kappa shape index (κ1) is 24.0. The van der Waals surface area contributed by atoms with Crippen molar-refractivity contribution in [1.82, 2.24) is 9.97 Å². The molecule has 0 amide bonds. The molecule has 5 aromatic rings. The lowest BCUT2D eigenvalue weighted by Crippen LogP contribution is -1.99. The molecule has 5 rings (SSSR count). The van der Waals surface area contributed by atoms with Gasteiger partial charge in [0.1, 0.15) is 20.2 Å². The second-order valence-corrected chi connectivity index (χ2v) is 11.2. The number of aryl methyl sites for hydroxylation is 2. The summed E-state index contributed by atoms with van der Waals surface area (Å²) in [4.78, 5) is 8.76. The minimum Gasteiger partial charge on any atom is -0.744 e. The van der Waals surface area contributed by atoms with Gasteiger partial charge in [-0.25, -0.2) is 16.8 Å². The molecule has 0 aliphatic rings. The summed E-state index contributed by atoms with van der Waals surface area (Å²) in [5.41, 5.74) is 4.91. The van der Waals surface area contributed by atoms with Gasteiger partial charge in [-0.1, -0.05) is 36.4 Å². The van der Waals surface area contributed by atoms with Crippen LogP contribution in [0.4, 0.5) is 0 Å². The first-order chi connectivity index (χ1) is 16.9. The summed E-state index contributed by atoms with van der Waals surface area (Å²) in [6.45, 7) is 3.60. The van der Waals surface area contributed by atoms with Crippen LogP contribution in [0, 0.1) is 13.8 Å². The molecule has 0 spiro atoms. The Kier molecular flexibility index (Phi) is 5.64. The Morgan fingerprint density at radius 2 is 0.972 bits per heavy atom. The van der Waals surface area contributed by atoms with Crippen molar-refractivity contribution in [2.45, 2.75) is 23.6 Å². The third-order valence-electron chi connectivity index (χ3n) is 5.88. The van der Waals surface area contributed by atoms with E-state index in [0.717, 1.165) is 0 Å². The summed E-state index contributed by atoms with van der Waals surface area (Å²) in [5, 5.41) is 1.40. The highest BCUT2D eigenvalue weighted by atomic mass is 32.2. The molecular weight excluding hydrogens is 500 g/mol. The van der Waals surface area contributed by atoms with E-state index in [1.165, 1.54) is 36.4 Å². The second-order valence-electron chi connectivity index (χ2n) is 8.44. The summed E-state index contributed by atoms with van der Waals surface area (Å²) in [6.07, 6.45) is 0. The molecule has 3 aromatic carbocycles. The quantitative estimate of drug-likeness (QED) is 0.249. The smallest absolute Gasteiger partial charge is 0.124 e. The zero-order chi connectivity index (χ0) is 25.8. The summed E-state index contributed by atoms with van der Waals surface area (Å²) >= 11 is 0. The van der Waals surface area contributed by atoms with Crippen LogP contribution in [-0.4, -0.2) is 35.9 Å². The normalized spacial score (nSPS) is 12.3. The van der Waals surface area contributed by atoms with E-state index in [9.17, 15) is 25.9 Å². The molecule has 0 N–H and O–H groups in total. The van der Waals surface area contributed by atoms with Crippen molar-refractivity contribution in [3.63, 3.8) is 0 Å². The van der Waals surface area contributed by atoms with Gasteiger partial charge in [0.25, 0.3) is 0 Å². The van der Waals surface area contributed by atoms with Crippen LogP contribution in [-0.2, 0) is 20.2 Å². The van der Waals surface area contributed by atoms with Gasteiger partial charge < -0.3 is 9.11 Å². The maximum absolute atomic E-state index is 11.6. The van der Waals surface area contributed by atoms with Gasteiger partial charge in [-0.3, -0.25) is 9.97 Å². The minimum atomic E-state index is -4.63. The number of aromatic nitrogens is 2. The van der Waals surface area contributed by atoms with Crippen LogP contribution in [0.25, 0.3) is 44.1 Å². The molecule has 0 saturated carbocycles. The van der Waals surface area contributed by atoms with Crippen LogP contribution in [0.3, 0.4) is 0 Å². The van der Waals surface area contributed by atoms with Gasteiger partial charge in [0.2, 0.25) is 0 Å². The molecule has 0 fully saturated rings. The van der Waals surface area contributed by atoms with Crippen molar-refractivity contribution in [3.05, 3.63) is 84.2 Å². The van der Waals surface area contributed by atoms with Gasteiger partial charge in [0, 0.05) is 22.2 Å². The monoisotopic (exact) mass is 518 g/mol. The summed E-state index contributed by atoms with van der Waals surface area (Å²) < 4.78 is 69.5. The predicted octanol–water partition coefficient (Wildman–Crippen LogP) is 4.54. The topological polar surface area (TPSA) is 140 Å². The molecule has 0 atom stereocenters. The van der Waals surface area contributed by atoms with E-state index >= 15 is 0 Å². The van der Waals surface area contributed by atoms with Crippen LogP contribution in [0.15, 0.2) is 82.6 Å². The average Bonchev–Trinajstić information content (AvgIpc) is 2.82. The lowest BCUT2D eigenvalue weighted by molar-refractivity contribution is 0.461. The van der Waals surface area contributed by atoms with Crippen molar-refractivity contribution in [3.8, 4) is 22.3 Å².